The SMILES string of the molecule is C=C[C@@H]1C[C@]1(C(=O)ON)C(=O)OCC. The molecule has 78 valence electrons. The molecule has 1 rings (SSSR count). The van der Waals surface area contributed by atoms with Crippen LogP contribution in [0.2, 0.25) is 0 Å². The third kappa shape index (κ3) is 1.39. The molecule has 1 aliphatic carbocycles. The van der Waals surface area contributed by atoms with Crippen molar-refractivity contribution in [2.45, 2.75) is 13.3 Å². The number of carbonyl (C=O) groups is 2. The molecule has 0 unspecified atom stereocenters. The third-order valence-electron chi connectivity index (χ3n) is 2.41. The molecule has 0 bridgehead atoms. The number of carbonyl (C=O) groups excluding carboxylic acids is 2. The number of esters is 1. The minimum atomic E-state index is -1.23. The molecule has 0 heterocycles. The maximum Gasteiger partial charge on any atom is 0.342 e. The molecule has 1 saturated carbocycles. The Hall–Kier alpha value is -1.36. The van der Waals surface area contributed by atoms with Crippen molar-refractivity contribution in [3.8, 4) is 0 Å². The molecule has 14 heavy (non-hydrogen) atoms. The van der Waals surface area contributed by atoms with Gasteiger partial charge in [-0.25, -0.2) is 4.79 Å². The Morgan fingerprint density at radius 3 is 2.64 bits per heavy atom. The topological polar surface area (TPSA) is 78.6 Å². The molecule has 0 radical (unpaired) electrons. The highest BCUT2D eigenvalue weighted by Gasteiger charge is 2.67. The first-order valence-corrected chi connectivity index (χ1v) is 4.34. The van der Waals surface area contributed by atoms with Crippen molar-refractivity contribution in [3.05, 3.63) is 12.7 Å². The van der Waals surface area contributed by atoms with Crippen LogP contribution < -0.4 is 5.90 Å². The molecule has 5 heteroatoms. The fraction of sp³-hybridized carbons (Fsp3) is 0.556. The Morgan fingerprint density at radius 2 is 2.29 bits per heavy atom. The van der Waals surface area contributed by atoms with Crippen molar-refractivity contribution in [2.24, 2.45) is 17.2 Å². The molecule has 1 fully saturated rings. The second kappa shape index (κ2) is 3.79. The molecule has 0 aliphatic heterocycles. The van der Waals surface area contributed by atoms with Crippen LogP contribution in [-0.4, -0.2) is 18.5 Å². The first kappa shape index (κ1) is 10.7. The van der Waals surface area contributed by atoms with E-state index in [0.717, 1.165) is 0 Å². The fourth-order valence-corrected chi connectivity index (χ4v) is 1.49. The van der Waals surface area contributed by atoms with Crippen molar-refractivity contribution < 1.29 is 19.2 Å². The van der Waals surface area contributed by atoms with Crippen LogP contribution in [0.3, 0.4) is 0 Å². The van der Waals surface area contributed by atoms with Gasteiger partial charge in [0, 0.05) is 5.92 Å². The van der Waals surface area contributed by atoms with E-state index in [1.807, 2.05) is 0 Å². The van der Waals surface area contributed by atoms with Crippen LogP contribution in [0.5, 0.6) is 0 Å². The van der Waals surface area contributed by atoms with E-state index in [2.05, 4.69) is 11.4 Å². The second-order valence-electron chi connectivity index (χ2n) is 3.14. The largest absolute Gasteiger partial charge is 0.465 e. The van der Waals surface area contributed by atoms with Gasteiger partial charge in [0.05, 0.1) is 6.61 Å². The summed E-state index contributed by atoms with van der Waals surface area (Å²) >= 11 is 0. The Balaban J connectivity index is 2.80. The van der Waals surface area contributed by atoms with Crippen LogP contribution in [0, 0.1) is 11.3 Å². The second-order valence-corrected chi connectivity index (χ2v) is 3.14. The number of ether oxygens (including phenoxy) is 1. The molecular weight excluding hydrogens is 186 g/mol. The number of hydrogen-bond donors (Lipinski definition) is 1. The Bertz CT molecular complexity index is 276. The summed E-state index contributed by atoms with van der Waals surface area (Å²) in [5.74, 6) is 3.20. The van der Waals surface area contributed by atoms with Crippen molar-refractivity contribution in [3.63, 3.8) is 0 Å². The molecule has 0 aromatic carbocycles. The molecule has 1 aliphatic rings. The molecular formula is C9H13NO4. The van der Waals surface area contributed by atoms with E-state index in [4.69, 9.17) is 10.6 Å². The summed E-state index contributed by atoms with van der Waals surface area (Å²) in [5, 5.41) is 0. The lowest BCUT2D eigenvalue weighted by Gasteiger charge is -2.11. The number of allylic oxidation sites excluding steroid dienone is 1. The van der Waals surface area contributed by atoms with Gasteiger partial charge in [0.25, 0.3) is 0 Å². The van der Waals surface area contributed by atoms with Crippen molar-refractivity contribution in [2.75, 3.05) is 6.61 Å². The van der Waals surface area contributed by atoms with Crippen molar-refractivity contribution in [1.29, 1.82) is 0 Å². The number of rotatable bonds is 4. The minimum absolute atomic E-state index is 0.224. The first-order valence-electron chi connectivity index (χ1n) is 4.34. The van der Waals surface area contributed by atoms with Gasteiger partial charge in [-0.3, -0.25) is 4.79 Å². The molecule has 2 N–H and O–H groups in total. The Morgan fingerprint density at radius 1 is 1.64 bits per heavy atom. The lowest BCUT2D eigenvalue weighted by atomic mass is 10.0. The summed E-state index contributed by atoms with van der Waals surface area (Å²) < 4.78 is 4.78. The summed E-state index contributed by atoms with van der Waals surface area (Å²) in [6.45, 7) is 5.42. The maximum atomic E-state index is 11.5. The fourth-order valence-electron chi connectivity index (χ4n) is 1.49. The van der Waals surface area contributed by atoms with Crippen LogP contribution in [0.25, 0.3) is 0 Å². The van der Waals surface area contributed by atoms with E-state index in [9.17, 15) is 9.59 Å². The number of nitrogens with two attached hydrogens (primary N) is 1. The lowest BCUT2D eigenvalue weighted by Crippen LogP contribution is -2.33. The lowest BCUT2D eigenvalue weighted by molar-refractivity contribution is -0.165. The van der Waals surface area contributed by atoms with Gasteiger partial charge >= 0.3 is 11.9 Å². The summed E-state index contributed by atoms with van der Waals surface area (Å²) in [6, 6.07) is 0. The van der Waals surface area contributed by atoms with Gasteiger partial charge in [-0.2, -0.15) is 5.90 Å². The molecule has 5 nitrogen and oxygen atoms in total. The zero-order valence-corrected chi connectivity index (χ0v) is 7.99. The van der Waals surface area contributed by atoms with E-state index in [1.54, 1.807) is 6.92 Å². The van der Waals surface area contributed by atoms with E-state index in [-0.39, 0.29) is 12.5 Å². The maximum absolute atomic E-state index is 11.5. The minimum Gasteiger partial charge on any atom is -0.465 e. The molecule has 0 spiro atoms. The van der Waals surface area contributed by atoms with Crippen LogP contribution in [0.1, 0.15) is 13.3 Å². The van der Waals surface area contributed by atoms with Crippen molar-refractivity contribution >= 4 is 11.9 Å². The zero-order valence-electron chi connectivity index (χ0n) is 7.99. The highest BCUT2D eigenvalue weighted by atomic mass is 16.7. The summed E-state index contributed by atoms with van der Waals surface area (Å²) in [5.41, 5.74) is -1.23. The van der Waals surface area contributed by atoms with E-state index >= 15 is 0 Å². The third-order valence-corrected chi connectivity index (χ3v) is 2.41. The zero-order chi connectivity index (χ0) is 10.8. The highest BCUT2D eigenvalue weighted by Crippen LogP contribution is 2.54. The van der Waals surface area contributed by atoms with Crippen LogP contribution in [-0.2, 0) is 19.2 Å². The van der Waals surface area contributed by atoms with Gasteiger partial charge in [-0.05, 0) is 13.3 Å². The number of hydrogen-bond acceptors (Lipinski definition) is 5. The molecule has 0 amide bonds. The van der Waals surface area contributed by atoms with Gasteiger partial charge in [-0.1, -0.05) is 6.08 Å². The predicted molar refractivity (Wildman–Crippen MR) is 47.6 cm³/mol. The highest BCUT2D eigenvalue weighted by molar-refractivity contribution is 6.04. The smallest absolute Gasteiger partial charge is 0.342 e. The summed E-state index contributed by atoms with van der Waals surface area (Å²) in [7, 11) is 0. The van der Waals surface area contributed by atoms with Gasteiger partial charge in [0.15, 0.2) is 5.41 Å². The van der Waals surface area contributed by atoms with E-state index in [1.165, 1.54) is 6.08 Å². The monoisotopic (exact) mass is 199 g/mol. The van der Waals surface area contributed by atoms with Gasteiger partial charge in [-0.15, -0.1) is 6.58 Å². The molecule has 2 atom stereocenters. The average molecular weight is 199 g/mol. The van der Waals surface area contributed by atoms with Crippen LogP contribution >= 0.6 is 0 Å². The van der Waals surface area contributed by atoms with Crippen molar-refractivity contribution in [1.82, 2.24) is 0 Å². The van der Waals surface area contributed by atoms with E-state index in [0.29, 0.717) is 6.42 Å². The molecule has 0 aromatic rings. The van der Waals surface area contributed by atoms with Crippen LogP contribution in [0.15, 0.2) is 12.7 Å². The standard InChI is InChI=1S/C9H13NO4/c1-3-6-5-9(6,8(12)14-10)7(11)13-4-2/h3,6H,1,4-5,10H2,2H3/t6-,9-/m1/s1. The quantitative estimate of drug-likeness (QED) is 0.302. The average Bonchev–Trinajstić information content (AvgIpc) is 2.92. The van der Waals surface area contributed by atoms with Gasteiger partial charge in [0.1, 0.15) is 0 Å². The summed E-state index contributed by atoms with van der Waals surface area (Å²) in [4.78, 5) is 26.8. The first-order chi connectivity index (χ1) is 6.63. The summed E-state index contributed by atoms with van der Waals surface area (Å²) in [6.07, 6.45) is 1.90. The van der Waals surface area contributed by atoms with Gasteiger partial charge in [0.2, 0.25) is 0 Å². The Labute approximate surface area is 81.8 Å². The van der Waals surface area contributed by atoms with Crippen LogP contribution in [0.4, 0.5) is 0 Å². The van der Waals surface area contributed by atoms with Gasteiger partial charge < -0.3 is 9.57 Å². The normalized spacial score (nSPS) is 29.1. The Kier molecular flexibility index (Phi) is 2.90. The predicted octanol–water partition coefficient (Wildman–Crippen LogP) is 0.159. The molecule has 0 aromatic heterocycles. The van der Waals surface area contributed by atoms with E-state index < -0.39 is 17.4 Å². The molecule has 0 saturated heterocycles.